The Morgan fingerprint density at radius 3 is 2.41 bits per heavy atom. The number of halogens is 1. The summed E-state index contributed by atoms with van der Waals surface area (Å²) in [6, 6.07) is 7.89. The molecule has 3 heteroatoms. The van der Waals surface area contributed by atoms with Crippen LogP contribution in [-0.2, 0) is 0 Å². The molecule has 17 heavy (non-hydrogen) atoms. The van der Waals surface area contributed by atoms with Crippen molar-refractivity contribution in [3.63, 3.8) is 0 Å². The van der Waals surface area contributed by atoms with Crippen LogP contribution in [0, 0.1) is 20.8 Å². The van der Waals surface area contributed by atoms with Crippen molar-refractivity contribution in [1.82, 2.24) is 0 Å². The molecule has 90 valence electrons. The van der Waals surface area contributed by atoms with E-state index in [0.717, 1.165) is 21.6 Å². The molecule has 0 radical (unpaired) electrons. The number of furan rings is 1. The van der Waals surface area contributed by atoms with E-state index in [4.69, 9.17) is 10.2 Å². The minimum atomic E-state index is -0.199. The molecule has 1 aromatic heterocycles. The van der Waals surface area contributed by atoms with Crippen LogP contribution < -0.4 is 5.73 Å². The van der Waals surface area contributed by atoms with E-state index < -0.39 is 0 Å². The summed E-state index contributed by atoms with van der Waals surface area (Å²) in [5.74, 6) is 1.70. The van der Waals surface area contributed by atoms with E-state index in [1.54, 1.807) is 0 Å². The molecule has 0 amide bonds. The maximum absolute atomic E-state index is 6.24. The smallest absolute Gasteiger partial charge is 0.125 e. The third-order valence-electron chi connectivity index (χ3n) is 2.95. The van der Waals surface area contributed by atoms with Crippen molar-refractivity contribution in [1.29, 1.82) is 0 Å². The van der Waals surface area contributed by atoms with E-state index in [0.29, 0.717) is 0 Å². The number of aryl methyl sites for hydroxylation is 3. The quantitative estimate of drug-likeness (QED) is 0.908. The summed E-state index contributed by atoms with van der Waals surface area (Å²) in [6.45, 7) is 6.05. The van der Waals surface area contributed by atoms with E-state index in [9.17, 15) is 0 Å². The fourth-order valence-electron chi connectivity index (χ4n) is 1.91. The highest BCUT2D eigenvalue weighted by molar-refractivity contribution is 9.10. The second-order valence-electron chi connectivity index (χ2n) is 4.38. The molecule has 0 aliphatic rings. The second kappa shape index (κ2) is 4.67. The summed E-state index contributed by atoms with van der Waals surface area (Å²) in [6.07, 6.45) is 0. The number of benzene rings is 1. The first-order valence-electron chi connectivity index (χ1n) is 5.57. The van der Waals surface area contributed by atoms with Gasteiger partial charge in [0.1, 0.15) is 11.5 Å². The summed E-state index contributed by atoms with van der Waals surface area (Å²) in [5.41, 5.74) is 9.71. The lowest BCUT2D eigenvalue weighted by Gasteiger charge is -2.14. The van der Waals surface area contributed by atoms with Crippen LogP contribution in [0.1, 0.15) is 34.3 Å². The van der Waals surface area contributed by atoms with Crippen LogP contribution in [-0.4, -0.2) is 0 Å². The Morgan fingerprint density at radius 1 is 1.12 bits per heavy atom. The fraction of sp³-hybridized carbons (Fsp3) is 0.286. The molecule has 0 aliphatic heterocycles. The van der Waals surface area contributed by atoms with E-state index in [-0.39, 0.29) is 6.04 Å². The summed E-state index contributed by atoms with van der Waals surface area (Å²) >= 11 is 3.53. The first-order valence-corrected chi connectivity index (χ1v) is 6.37. The second-order valence-corrected chi connectivity index (χ2v) is 5.24. The average Bonchev–Trinajstić information content (AvgIpc) is 2.69. The molecular weight excluding hydrogens is 278 g/mol. The van der Waals surface area contributed by atoms with Crippen LogP contribution in [0.25, 0.3) is 0 Å². The normalized spacial score (nSPS) is 12.8. The van der Waals surface area contributed by atoms with Crippen molar-refractivity contribution in [2.45, 2.75) is 26.8 Å². The van der Waals surface area contributed by atoms with E-state index >= 15 is 0 Å². The minimum absolute atomic E-state index is 0.199. The highest BCUT2D eigenvalue weighted by Crippen LogP contribution is 2.28. The molecule has 0 saturated carbocycles. The Hall–Kier alpha value is -1.06. The zero-order valence-electron chi connectivity index (χ0n) is 10.3. The lowest BCUT2D eigenvalue weighted by Crippen LogP contribution is -2.12. The minimum Gasteiger partial charge on any atom is -0.464 e. The van der Waals surface area contributed by atoms with Gasteiger partial charge in [0.25, 0.3) is 0 Å². The van der Waals surface area contributed by atoms with Gasteiger partial charge in [-0.05, 0) is 55.7 Å². The van der Waals surface area contributed by atoms with Crippen molar-refractivity contribution in [2.75, 3.05) is 0 Å². The van der Waals surface area contributed by atoms with Gasteiger partial charge in [0.05, 0.1) is 6.04 Å². The molecule has 1 heterocycles. The van der Waals surface area contributed by atoms with Crippen molar-refractivity contribution in [2.24, 2.45) is 5.73 Å². The molecule has 2 nitrogen and oxygen atoms in total. The maximum atomic E-state index is 6.24. The Morgan fingerprint density at radius 2 is 1.82 bits per heavy atom. The van der Waals surface area contributed by atoms with Crippen LogP contribution in [0.3, 0.4) is 0 Å². The van der Waals surface area contributed by atoms with E-state index in [1.807, 2.05) is 19.1 Å². The van der Waals surface area contributed by atoms with Gasteiger partial charge >= 0.3 is 0 Å². The number of hydrogen-bond donors (Lipinski definition) is 1. The number of nitrogens with two attached hydrogens (primary N) is 1. The SMILES string of the molecule is Cc1ccc(C(N)c2cc(C)c(Br)cc2C)o1. The monoisotopic (exact) mass is 293 g/mol. The molecule has 1 unspecified atom stereocenters. The lowest BCUT2D eigenvalue weighted by molar-refractivity contribution is 0.465. The molecule has 2 N–H and O–H groups in total. The summed E-state index contributed by atoms with van der Waals surface area (Å²) < 4.78 is 6.70. The van der Waals surface area contributed by atoms with Gasteiger partial charge in [-0.2, -0.15) is 0 Å². The topological polar surface area (TPSA) is 39.2 Å². The Kier molecular flexibility index (Phi) is 3.40. The van der Waals surface area contributed by atoms with Gasteiger partial charge in [0.15, 0.2) is 0 Å². The fourth-order valence-corrected chi connectivity index (χ4v) is 2.37. The summed E-state index contributed by atoms with van der Waals surface area (Å²) in [7, 11) is 0. The van der Waals surface area contributed by atoms with E-state index in [1.165, 1.54) is 11.1 Å². The standard InChI is InChI=1S/C14H16BrNO/c1-8-7-12(15)9(2)6-11(8)14(16)13-5-4-10(3)17-13/h4-7,14H,16H2,1-3H3. The zero-order chi connectivity index (χ0) is 12.6. The van der Waals surface area contributed by atoms with Crippen LogP contribution in [0.4, 0.5) is 0 Å². The van der Waals surface area contributed by atoms with E-state index in [2.05, 4.69) is 41.9 Å². The molecule has 2 rings (SSSR count). The average molecular weight is 294 g/mol. The molecule has 0 bridgehead atoms. The third kappa shape index (κ3) is 2.45. The molecule has 1 aromatic carbocycles. The molecule has 1 atom stereocenters. The Balaban J connectivity index is 2.43. The molecule has 0 spiro atoms. The zero-order valence-corrected chi connectivity index (χ0v) is 11.8. The highest BCUT2D eigenvalue weighted by atomic mass is 79.9. The predicted octanol–water partition coefficient (Wildman–Crippen LogP) is 4.02. The molecular formula is C14H16BrNO. The van der Waals surface area contributed by atoms with Crippen molar-refractivity contribution >= 4 is 15.9 Å². The van der Waals surface area contributed by atoms with Gasteiger partial charge in [-0.15, -0.1) is 0 Å². The van der Waals surface area contributed by atoms with Gasteiger partial charge in [0, 0.05) is 4.47 Å². The first kappa shape index (κ1) is 12.4. The van der Waals surface area contributed by atoms with Crippen LogP contribution in [0.5, 0.6) is 0 Å². The van der Waals surface area contributed by atoms with Crippen LogP contribution in [0.2, 0.25) is 0 Å². The van der Waals surface area contributed by atoms with Crippen molar-refractivity contribution < 1.29 is 4.42 Å². The van der Waals surface area contributed by atoms with Crippen molar-refractivity contribution in [3.8, 4) is 0 Å². The van der Waals surface area contributed by atoms with Crippen molar-refractivity contribution in [3.05, 3.63) is 56.9 Å². The maximum Gasteiger partial charge on any atom is 0.125 e. The molecule has 0 aliphatic carbocycles. The molecule has 0 fully saturated rings. The van der Waals surface area contributed by atoms with Gasteiger partial charge in [-0.25, -0.2) is 0 Å². The molecule has 0 saturated heterocycles. The Bertz CT molecular complexity index is 545. The summed E-state index contributed by atoms with van der Waals surface area (Å²) in [4.78, 5) is 0. The van der Waals surface area contributed by atoms with Gasteiger partial charge in [0.2, 0.25) is 0 Å². The summed E-state index contributed by atoms with van der Waals surface area (Å²) in [5, 5.41) is 0. The number of hydrogen-bond acceptors (Lipinski definition) is 2. The van der Waals surface area contributed by atoms with Gasteiger partial charge in [-0.1, -0.05) is 22.0 Å². The lowest BCUT2D eigenvalue weighted by atomic mass is 9.98. The van der Waals surface area contributed by atoms with Crippen LogP contribution >= 0.6 is 15.9 Å². The predicted molar refractivity (Wildman–Crippen MR) is 73.1 cm³/mol. The first-order chi connectivity index (χ1) is 7.99. The van der Waals surface area contributed by atoms with Gasteiger partial charge in [-0.3, -0.25) is 0 Å². The third-order valence-corrected chi connectivity index (χ3v) is 3.80. The molecule has 2 aromatic rings. The van der Waals surface area contributed by atoms with Gasteiger partial charge < -0.3 is 10.2 Å². The number of rotatable bonds is 2. The largest absolute Gasteiger partial charge is 0.464 e. The Labute approximate surface area is 110 Å². The highest BCUT2D eigenvalue weighted by Gasteiger charge is 2.15. The van der Waals surface area contributed by atoms with Crippen LogP contribution in [0.15, 0.2) is 33.2 Å².